The Hall–Kier alpha value is -2.43. The monoisotopic (exact) mass is 312 g/mol. The molecule has 1 aromatic heterocycles. The van der Waals surface area contributed by atoms with E-state index >= 15 is 0 Å². The highest BCUT2D eigenvalue weighted by Gasteiger charge is 2.16. The molecule has 0 bridgehead atoms. The molecule has 122 valence electrons. The number of anilines is 2. The molecule has 0 aliphatic carbocycles. The Morgan fingerprint density at radius 2 is 1.78 bits per heavy atom. The Morgan fingerprint density at radius 3 is 2.35 bits per heavy atom. The molecule has 0 aliphatic rings. The molecule has 2 aromatic rings. The van der Waals surface area contributed by atoms with Gasteiger partial charge in [0.15, 0.2) is 0 Å². The number of hydrogen-bond acceptors (Lipinski definition) is 4. The molecular weight excluding hydrogens is 288 g/mol. The molecule has 1 N–H and O–H groups in total. The van der Waals surface area contributed by atoms with Crippen LogP contribution in [0.4, 0.5) is 11.5 Å². The Bertz CT molecular complexity index is 634. The number of aryl methyl sites for hydroxylation is 1. The number of carbonyl (C=O) groups is 1. The van der Waals surface area contributed by atoms with E-state index in [1.165, 1.54) is 0 Å². The van der Waals surface area contributed by atoms with Gasteiger partial charge in [-0.1, -0.05) is 32.0 Å². The van der Waals surface area contributed by atoms with Gasteiger partial charge in [0.25, 0.3) is 5.91 Å². The zero-order valence-corrected chi connectivity index (χ0v) is 14.0. The van der Waals surface area contributed by atoms with Crippen LogP contribution in [0.5, 0.6) is 0 Å². The molecule has 1 aromatic carbocycles. The summed E-state index contributed by atoms with van der Waals surface area (Å²) in [5, 5.41) is 3.22. The van der Waals surface area contributed by atoms with E-state index in [2.05, 4.69) is 29.1 Å². The van der Waals surface area contributed by atoms with Crippen molar-refractivity contribution in [2.75, 3.05) is 18.4 Å². The molecule has 5 heteroatoms. The van der Waals surface area contributed by atoms with Crippen molar-refractivity contribution < 1.29 is 4.79 Å². The first-order chi connectivity index (χ1) is 11.2. The number of nitrogens with zero attached hydrogens (tertiary/aromatic N) is 3. The lowest BCUT2D eigenvalue weighted by molar-refractivity contribution is 0.0749. The van der Waals surface area contributed by atoms with E-state index in [9.17, 15) is 4.79 Å². The number of aromatic nitrogens is 2. The van der Waals surface area contributed by atoms with Crippen LogP contribution in [0.3, 0.4) is 0 Å². The minimum atomic E-state index is -0.0522. The van der Waals surface area contributed by atoms with E-state index in [0.29, 0.717) is 11.5 Å². The lowest BCUT2D eigenvalue weighted by Gasteiger charge is -2.20. The first-order valence-electron chi connectivity index (χ1n) is 8.09. The molecule has 2 rings (SSSR count). The molecule has 0 saturated heterocycles. The maximum absolute atomic E-state index is 12.5. The number of amides is 1. The minimum absolute atomic E-state index is 0.0522. The summed E-state index contributed by atoms with van der Waals surface area (Å²) >= 11 is 0. The lowest BCUT2D eigenvalue weighted by Crippen LogP contribution is -2.33. The Morgan fingerprint density at radius 1 is 1.09 bits per heavy atom. The summed E-state index contributed by atoms with van der Waals surface area (Å²) in [6, 6.07) is 7.97. The zero-order chi connectivity index (χ0) is 16.7. The van der Waals surface area contributed by atoms with E-state index in [1.54, 1.807) is 12.4 Å². The van der Waals surface area contributed by atoms with Crippen molar-refractivity contribution in [3.8, 4) is 0 Å². The van der Waals surface area contributed by atoms with Crippen LogP contribution in [0.25, 0.3) is 0 Å². The Labute approximate surface area is 137 Å². The third-order valence-electron chi connectivity index (χ3n) is 3.55. The van der Waals surface area contributed by atoms with Crippen molar-refractivity contribution >= 4 is 17.4 Å². The molecule has 0 spiro atoms. The van der Waals surface area contributed by atoms with Crippen LogP contribution in [-0.2, 0) is 0 Å². The van der Waals surface area contributed by atoms with Crippen LogP contribution < -0.4 is 5.32 Å². The van der Waals surface area contributed by atoms with Gasteiger partial charge in [-0.3, -0.25) is 4.79 Å². The maximum atomic E-state index is 12.5. The van der Waals surface area contributed by atoms with Crippen molar-refractivity contribution in [1.82, 2.24) is 14.9 Å². The maximum Gasteiger partial charge on any atom is 0.274 e. The van der Waals surface area contributed by atoms with E-state index in [1.807, 2.05) is 36.1 Å². The number of carbonyl (C=O) groups excluding carboxylic acids is 1. The topological polar surface area (TPSA) is 58.1 Å². The van der Waals surface area contributed by atoms with Crippen molar-refractivity contribution in [2.45, 2.75) is 33.6 Å². The number of nitrogens with one attached hydrogen (secondary N) is 1. The van der Waals surface area contributed by atoms with Gasteiger partial charge in [0, 0.05) is 18.8 Å². The third kappa shape index (κ3) is 4.52. The summed E-state index contributed by atoms with van der Waals surface area (Å²) in [4.78, 5) is 22.9. The molecule has 0 radical (unpaired) electrons. The van der Waals surface area contributed by atoms with Gasteiger partial charge >= 0.3 is 0 Å². The van der Waals surface area contributed by atoms with Crippen LogP contribution in [-0.4, -0.2) is 33.9 Å². The van der Waals surface area contributed by atoms with Crippen LogP contribution >= 0.6 is 0 Å². The largest absolute Gasteiger partial charge is 0.339 e. The Balaban J connectivity index is 2.09. The number of rotatable bonds is 7. The van der Waals surface area contributed by atoms with Crippen molar-refractivity contribution in [1.29, 1.82) is 0 Å². The van der Waals surface area contributed by atoms with E-state index < -0.39 is 0 Å². The smallest absolute Gasteiger partial charge is 0.274 e. The van der Waals surface area contributed by atoms with Crippen molar-refractivity contribution in [3.63, 3.8) is 0 Å². The molecule has 5 nitrogen and oxygen atoms in total. The van der Waals surface area contributed by atoms with Gasteiger partial charge in [-0.25, -0.2) is 9.97 Å². The molecule has 0 saturated carbocycles. The zero-order valence-electron chi connectivity index (χ0n) is 14.0. The van der Waals surface area contributed by atoms with Gasteiger partial charge in [0.2, 0.25) is 0 Å². The quantitative estimate of drug-likeness (QED) is 0.845. The second-order valence-electron chi connectivity index (χ2n) is 5.52. The van der Waals surface area contributed by atoms with Gasteiger partial charge in [-0.2, -0.15) is 0 Å². The molecule has 1 heterocycles. The van der Waals surface area contributed by atoms with Gasteiger partial charge in [0.1, 0.15) is 11.5 Å². The van der Waals surface area contributed by atoms with Gasteiger partial charge < -0.3 is 10.2 Å². The SMILES string of the molecule is CCCN(CCC)C(=O)c1cnc(Nc2ccccc2C)cn1. The van der Waals surface area contributed by atoms with Gasteiger partial charge in [-0.15, -0.1) is 0 Å². The van der Waals surface area contributed by atoms with E-state index in [0.717, 1.165) is 37.2 Å². The summed E-state index contributed by atoms with van der Waals surface area (Å²) in [7, 11) is 0. The summed E-state index contributed by atoms with van der Waals surface area (Å²) in [5.41, 5.74) is 2.51. The van der Waals surface area contributed by atoms with Gasteiger partial charge in [-0.05, 0) is 31.4 Å². The summed E-state index contributed by atoms with van der Waals surface area (Å²) < 4.78 is 0. The number of para-hydroxylation sites is 1. The molecular formula is C18H24N4O. The third-order valence-corrected chi connectivity index (χ3v) is 3.55. The summed E-state index contributed by atoms with van der Waals surface area (Å²) in [5.74, 6) is 0.581. The molecule has 0 fully saturated rings. The van der Waals surface area contributed by atoms with Crippen molar-refractivity contribution in [2.24, 2.45) is 0 Å². The van der Waals surface area contributed by atoms with E-state index in [4.69, 9.17) is 0 Å². The first-order valence-corrected chi connectivity index (χ1v) is 8.09. The van der Waals surface area contributed by atoms with Crippen LogP contribution in [0.1, 0.15) is 42.7 Å². The minimum Gasteiger partial charge on any atom is -0.339 e. The lowest BCUT2D eigenvalue weighted by atomic mass is 10.2. The van der Waals surface area contributed by atoms with Crippen LogP contribution in [0.2, 0.25) is 0 Å². The summed E-state index contributed by atoms with van der Waals surface area (Å²) in [6.07, 6.45) is 5.02. The summed E-state index contributed by atoms with van der Waals surface area (Å²) in [6.45, 7) is 7.66. The standard InChI is InChI=1S/C18H24N4O/c1-4-10-22(11-5-2)18(23)16-12-20-17(13-19-16)21-15-9-7-6-8-14(15)3/h6-9,12-13H,4-5,10-11H2,1-3H3,(H,20,21). The second-order valence-corrected chi connectivity index (χ2v) is 5.52. The van der Waals surface area contributed by atoms with E-state index in [-0.39, 0.29) is 5.91 Å². The highest BCUT2D eigenvalue weighted by Crippen LogP contribution is 2.18. The normalized spacial score (nSPS) is 10.4. The first kappa shape index (κ1) is 16.9. The average molecular weight is 312 g/mol. The highest BCUT2D eigenvalue weighted by molar-refractivity contribution is 5.92. The number of hydrogen-bond donors (Lipinski definition) is 1. The second kappa shape index (κ2) is 8.27. The molecule has 0 aliphatic heterocycles. The molecule has 1 amide bonds. The van der Waals surface area contributed by atoms with Crippen molar-refractivity contribution in [3.05, 3.63) is 47.9 Å². The molecule has 23 heavy (non-hydrogen) atoms. The fraction of sp³-hybridized carbons (Fsp3) is 0.389. The fourth-order valence-corrected chi connectivity index (χ4v) is 2.37. The number of benzene rings is 1. The fourth-order valence-electron chi connectivity index (χ4n) is 2.37. The predicted octanol–water partition coefficient (Wildman–Crippen LogP) is 3.79. The highest BCUT2D eigenvalue weighted by atomic mass is 16.2. The predicted molar refractivity (Wildman–Crippen MR) is 93.0 cm³/mol. The average Bonchev–Trinajstić information content (AvgIpc) is 2.57. The van der Waals surface area contributed by atoms with Crippen LogP contribution in [0.15, 0.2) is 36.7 Å². The molecule has 0 atom stereocenters. The van der Waals surface area contributed by atoms with Crippen LogP contribution in [0, 0.1) is 6.92 Å². The van der Waals surface area contributed by atoms with Gasteiger partial charge in [0.05, 0.1) is 12.4 Å². The Kier molecular flexibility index (Phi) is 6.09. The molecule has 0 unspecified atom stereocenters.